The molecule has 0 radical (unpaired) electrons. The maximum Gasteiger partial charge on any atom is 0.306 e. The third kappa shape index (κ3) is 5.59. The number of Topliss-reactive ketones (excluding diaryl/α,β-unsaturated/α-hetero) is 1. The Labute approximate surface area is 110 Å². The van der Waals surface area contributed by atoms with Gasteiger partial charge in [0.2, 0.25) is 0 Å². The quantitative estimate of drug-likeness (QED) is 0.434. The minimum absolute atomic E-state index is 0.0705. The first-order chi connectivity index (χ1) is 9.02. The number of ether oxygens (including phenoxy) is 1. The monoisotopic (exact) mass is 270 g/mol. The van der Waals surface area contributed by atoms with Crippen molar-refractivity contribution in [1.82, 2.24) is 0 Å². The Morgan fingerprint density at radius 2 is 1.74 bits per heavy atom. The number of hydrogen-bond acceptors (Lipinski definition) is 3. The minimum atomic E-state index is -0.811. The molecule has 1 rings (SSSR count). The fraction of sp³-hybridized carbons (Fsp3) is 0.429. The Bertz CT molecular complexity index is 438. The summed E-state index contributed by atoms with van der Waals surface area (Å²) in [5.41, 5.74) is -0.0705. The molecule has 19 heavy (non-hydrogen) atoms. The Kier molecular flexibility index (Phi) is 6.12. The molecule has 104 valence electrons. The molecule has 0 spiro atoms. The van der Waals surface area contributed by atoms with E-state index in [-0.39, 0.29) is 18.4 Å². The second kappa shape index (κ2) is 7.61. The van der Waals surface area contributed by atoms with Crippen LogP contribution in [0.5, 0.6) is 0 Å². The Morgan fingerprint density at radius 1 is 1.11 bits per heavy atom. The molecule has 0 amide bonds. The van der Waals surface area contributed by atoms with Gasteiger partial charge in [-0.05, 0) is 18.6 Å². The second-order valence-electron chi connectivity index (χ2n) is 4.16. The summed E-state index contributed by atoms with van der Waals surface area (Å²) < 4.78 is 30.7. The van der Waals surface area contributed by atoms with E-state index in [9.17, 15) is 18.4 Å². The number of unbranched alkanes of at least 4 members (excludes halogenated alkanes) is 1. The van der Waals surface area contributed by atoms with Crippen LogP contribution in [0, 0.1) is 11.6 Å². The molecule has 0 N–H and O–H groups in total. The van der Waals surface area contributed by atoms with Gasteiger partial charge in [-0.1, -0.05) is 13.3 Å². The van der Waals surface area contributed by atoms with Crippen LogP contribution in [0.4, 0.5) is 8.78 Å². The summed E-state index contributed by atoms with van der Waals surface area (Å²) in [4.78, 5) is 22.9. The van der Waals surface area contributed by atoms with Crippen LogP contribution in [0.25, 0.3) is 0 Å². The third-order valence-corrected chi connectivity index (χ3v) is 2.50. The number of ketones is 1. The van der Waals surface area contributed by atoms with Gasteiger partial charge in [-0.2, -0.15) is 0 Å². The summed E-state index contributed by atoms with van der Waals surface area (Å²) in [5.74, 6) is -2.58. The number of carbonyl (C=O) groups excluding carboxylic acids is 2. The highest BCUT2D eigenvalue weighted by Crippen LogP contribution is 2.11. The number of esters is 1. The molecule has 0 fully saturated rings. The number of hydrogen-bond donors (Lipinski definition) is 0. The van der Waals surface area contributed by atoms with Gasteiger partial charge < -0.3 is 4.74 Å². The van der Waals surface area contributed by atoms with Crippen LogP contribution in [0.1, 0.15) is 43.0 Å². The lowest BCUT2D eigenvalue weighted by Gasteiger charge is -2.04. The van der Waals surface area contributed by atoms with Crippen molar-refractivity contribution in [2.24, 2.45) is 0 Å². The summed E-state index contributed by atoms with van der Waals surface area (Å²) >= 11 is 0. The Hall–Kier alpha value is -1.78. The highest BCUT2D eigenvalue weighted by Gasteiger charge is 2.12. The molecule has 5 heteroatoms. The van der Waals surface area contributed by atoms with E-state index >= 15 is 0 Å². The topological polar surface area (TPSA) is 43.4 Å². The summed E-state index contributed by atoms with van der Waals surface area (Å²) in [6.07, 6.45) is 1.48. The molecule has 0 atom stereocenters. The zero-order valence-corrected chi connectivity index (χ0v) is 10.7. The average Bonchev–Trinajstić information content (AvgIpc) is 2.35. The zero-order chi connectivity index (χ0) is 14.3. The fourth-order valence-electron chi connectivity index (χ4n) is 1.48. The van der Waals surface area contributed by atoms with E-state index in [2.05, 4.69) is 0 Å². The van der Waals surface area contributed by atoms with Crippen molar-refractivity contribution < 1.29 is 23.1 Å². The van der Waals surface area contributed by atoms with Crippen molar-refractivity contribution >= 4 is 11.8 Å². The fourth-order valence-corrected chi connectivity index (χ4v) is 1.48. The lowest BCUT2D eigenvalue weighted by molar-refractivity contribution is -0.143. The first-order valence-electron chi connectivity index (χ1n) is 6.18. The average molecular weight is 270 g/mol. The van der Waals surface area contributed by atoms with E-state index in [1.165, 1.54) is 0 Å². The van der Waals surface area contributed by atoms with Gasteiger partial charge in [0, 0.05) is 18.1 Å². The van der Waals surface area contributed by atoms with Gasteiger partial charge in [-0.15, -0.1) is 0 Å². The van der Waals surface area contributed by atoms with Gasteiger partial charge in [0.1, 0.15) is 11.6 Å². The molecular weight excluding hydrogens is 254 g/mol. The number of halogens is 2. The summed E-state index contributed by atoms with van der Waals surface area (Å²) in [6.45, 7) is 2.30. The summed E-state index contributed by atoms with van der Waals surface area (Å²) in [5, 5.41) is 0. The summed E-state index contributed by atoms with van der Waals surface area (Å²) in [7, 11) is 0. The highest BCUT2D eigenvalue weighted by atomic mass is 19.1. The number of carbonyl (C=O) groups is 2. The predicted octanol–water partition coefficient (Wildman–Crippen LogP) is 3.27. The SMILES string of the molecule is CCCCOC(=O)CCC(=O)c1cc(F)cc(F)c1. The van der Waals surface area contributed by atoms with E-state index in [4.69, 9.17) is 4.74 Å². The van der Waals surface area contributed by atoms with Gasteiger partial charge in [-0.3, -0.25) is 9.59 Å². The molecule has 1 aromatic carbocycles. The van der Waals surface area contributed by atoms with E-state index in [0.29, 0.717) is 12.7 Å². The van der Waals surface area contributed by atoms with Gasteiger partial charge in [0.05, 0.1) is 13.0 Å². The molecule has 0 bridgehead atoms. The van der Waals surface area contributed by atoms with Crippen LogP contribution in [0.15, 0.2) is 18.2 Å². The standard InChI is InChI=1S/C14H16F2O3/c1-2-3-6-19-14(18)5-4-13(17)10-7-11(15)9-12(16)8-10/h7-9H,2-6H2,1H3. The summed E-state index contributed by atoms with van der Waals surface area (Å²) in [6, 6.07) is 2.59. The molecule has 0 aliphatic carbocycles. The van der Waals surface area contributed by atoms with Crippen molar-refractivity contribution in [2.75, 3.05) is 6.61 Å². The number of rotatable bonds is 7. The van der Waals surface area contributed by atoms with Gasteiger partial charge >= 0.3 is 5.97 Å². The largest absolute Gasteiger partial charge is 0.466 e. The first kappa shape index (κ1) is 15.3. The Balaban J connectivity index is 2.44. The van der Waals surface area contributed by atoms with Crippen LogP contribution in [-0.4, -0.2) is 18.4 Å². The lowest BCUT2D eigenvalue weighted by Crippen LogP contribution is -2.09. The smallest absolute Gasteiger partial charge is 0.306 e. The van der Waals surface area contributed by atoms with Crippen molar-refractivity contribution in [2.45, 2.75) is 32.6 Å². The van der Waals surface area contributed by atoms with Crippen LogP contribution in [0.2, 0.25) is 0 Å². The molecule has 1 aromatic rings. The molecular formula is C14H16F2O3. The zero-order valence-electron chi connectivity index (χ0n) is 10.7. The maximum absolute atomic E-state index is 12.9. The van der Waals surface area contributed by atoms with Crippen molar-refractivity contribution in [3.05, 3.63) is 35.4 Å². The van der Waals surface area contributed by atoms with E-state index in [0.717, 1.165) is 25.0 Å². The van der Waals surface area contributed by atoms with Crippen LogP contribution >= 0.6 is 0 Å². The van der Waals surface area contributed by atoms with E-state index in [1.807, 2.05) is 6.92 Å². The Morgan fingerprint density at radius 3 is 2.32 bits per heavy atom. The minimum Gasteiger partial charge on any atom is -0.466 e. The van der Waals surface area contributed by atoms with E-state index in [1.54, 1.807) is 0 Å². The number of benzene rings is 1. The molecule has 0 heterocycles. The second-order valence-corrected chi connectivity index (χ2v) is 4.16. The van der Waals surface area contributed by atoms with Crippen LogP contribution in [0.3, 0.4) is 0 Å². The van der Waals surface area contributed by atoms with Crippen LogP contribution < -0.4 is 0 Å². The molecule has 0 aromatic heterocycles. The van der Waals surface area contributed by atoms with Gasteiger partial charge in [0.25, 0.3) is 0 Å². The normalized spacial score (nSPS) is 10.3. The van der Waals surface area contributed by atoms with Crippen LogP contribution in [-0.2, 0) is 9.53 Å². The van der Waals surface area contributed by atoms with Crippen molar-refractivity contribution in [3.63, 3.8) is 0 Å². The van der Waals surface area contributed by atoms with Gasteiger partial charge in [0.15, 0.2) is 5.78 Å². The lowest BCUT2D eigenvalue weighted by atomic mass is 10.1. The maximum atomic E-state index is 12.9. The van der Waals surface area contributed by atoms with E-state index < -0.39 is 23.4 Å². The molecule has 0 saturated carbocycles. The molecule has 3 nitrogen and oxygen atoms in total. The molecule has 0 aliphatic heterocycles. The molecule has 0 aliphatic rings. The third-order valence-electron chi connectivity index (χ3n) is 2.50. The molecule has 0 unspecified atom stereocenters. The highest BCUT2D eigenvalue weighted by molar-refractivity contribution is 5.97. The van der Waals surface area contributed by atoms with Crippen molar-refractivity contribution in [1.29, 1.82) is 0 Å². The predicted molar refractivity (Wildman–Crippen MR) is 65.8 cm³/mol. The van der Waals surface area contributed by atoms with Gasteiger partial charge in [-0.25, -0.2) is 8.78 Å². The molecule has 0 saturated heterocycles. The first-order valence-corrected chi connectivity index (χ1v) is 6.18. The van der Waals surface area contributed by atoms with Crippen molar-refractivity contribution in [3.8, 4) is 0 Å².